The second-order valence-electron chi connectivity index (χ2n) is 7.44. The lowest BCUT2D eigenvalue weighted by Gasteiger charge is -2.30. The van der Waals surface area contributed by atoms with Crippen molar-refractivity contribution in [3.63, 3.8) is 0 Å². The van der Waals surface area contributed by atoms with Crippen LogP contribution in [0.3, 0.4) is 0 Å². The Bertz CT molecular complexity index is 1300. The summed E-state index contributed by atoms with van der Waals surface area (Å²) in [4.78, 5) is 26.0. The van der Waals surface area contributed by atoms with Gasteiger partial charge in [-0.25, -0.2) is 19.2 Å². The molecule has 1 aromatic carbocycles. The Morgan fingerprint density at radius 3 is 2.81 bits per heavy atom. The van der Waals surface area contributed by atoms with Crippen molar-refractivity contribution < 1.29 is 18.7 Å². The minimum atomic E-state index is -0.904. The number of piperidine rings is 1. The Morgan fingerprint density at radius 2 is 2.06 bits per heavy atom. The van der Waals surface area contributed by atoms with E-state index in [0.29, 0.717) is 60.4 Å². The van der Waals surface area contributed by atoms with Gasteiger partial charge in [-0.15, -0.1) is 0 Å². The molecule has 0 radical (unpaired) electrons. The van der Waals surface area contributed by atoms with Gasteiger partial charge in [0.1, 0.15) is 23.5 Å². The average molecular weight is 457 g/mol. The summed E-state index contributed by atoms with van der Waals surface area (Å²) in [5.74, 6) is 0.334. The number of oxazole rings is 1. The molecule has 3 aromatic heterocycles. The minimum absolute atomic E-state index is 0.0613. The summed E-state index contributed by atoms with van der Waals surface area (Å²) < 4.78 is 20.8. The molecule has 0 unspecified atom stereocenters. The molecule has 2 N–H and O–H groups in total. The molecule has 5 rings (SSSR count). The predicted molar refractivity (Wildman–Crippen MR) is 115 cm³/mol. The molecule has 164 valence electrons. The van der Waals surface area contributed by atoms with Gasteiger partial charge in [-0.1, -0.05) is 11.6 Å². The summed E-state index contributed by atoms with van der Waals surface area (Å²) in [5, 5.41) is 12.6. The van der Waals surface area contributed by atoms with Gasteiger partial charge in [-0.3, -0.25) is 4.40 Å². The summed E-state index contributed by atoms with van der Waals surface area (Å²) in [7, 11) is 0. The quantitative estimate of drug-likeness (QED) is 0.468. The van der Waals surface area contributed by atoms with Crippen LogP contribution >= 0.6 is 11.6 Å². The number of likely N-dealkylation sites (tertiary alicyclic amines) is 1. The van der Waals surface area contributed by atoms with Crippen LogP contribution in [0, 0.1) is 5.82 Å². The number of hydrogen-bond donors (Lipinski definition) is 2. The number of carbonyl (C=O) groups is 1. The first-order chi connectivity index (χ1) is 15.5. The molecule has 11 heteroatoms. The fourth-order valence-electron chi connectivity index (χ4n) is 3.86. The number of imidazole rings is 1. The third-order valence-corrected chi connectivity index (χ3v) is 5.76. The van der Waals surface area contributed by atoms with Gasteiger partial charge in [0.2, 0.25) is 5.95 Å². The topological polar surface area (TPSA) is 109 Å². The number of aromatic nitrogens is 4. The molecular formula is C21H18ClFN6O3. The van der Waals surface area contributed by atoms with Crippen LogP contribution in [0.15, 0.2) is 47.3 Å². The minimum Gasteiger partial charge on any atom is -0.465 e. The number of halogens is 2. The Kier molecular flexibility index (Phi) is 5.14. The zero-order valence-corrected chi connectivity index (χ0v) is 17.5. The number of carboxylic acid groups (broad SMARTS) is 1. The van der Waals surface area contributed by atoms with E-state index in [0.717, 1.165) is 0 Å². The highest BCUT2D eigenvalue weighted by Crippen LogP contribution is 2.36. The van der Waals surface area contributed by atoms with E-state index in [1.807, 2.05) is 0 Å². The Balaban J connectivity index is 1.49. The van der Waals surface area contributed by atoms with Crippen LogP contribution in [0.4, 0.5) is 15.1 Å². The first-order valence-electron chi connectivity index (χ1n) is 9.98. The highest BCUT2D eigenvalue weighted by molar-refractivity contribution is 6.33. The number of rotatable bonds is 4. The van der Waals surface area contributed by atoms with E-state index in [-0.39, 0.29) is 11.1 Å². The van der Waals surface area contributed by atoms with E-state index < -0.39 is 11.9 Å². The molecule has 0 atom stereocenters. The number of nitrogens with zero attached hydrogens (tertiary/aromatic N) is 5. The smallest absolute Gasteiger partial charge is 0.407 e. The van der Waals surface area contributed by atoms with Gasteiger partial charge in [0.05, 0.1) is 10.7 Å². The molecule has 1 saturated heterocycles. The number of benzene rings is 1. The number of anilines is 1. The molecule has 0 bridgehead atoms. The first-order valence-corrected chi connectivity index (χ1v) is 10.4. The molecular weight excluding hydrogens is 439 g/mol. The highest BCUT2D eigenvalue weighted by atomic mass is 35.5. The van der Waals surface area contributed by atoms with Crippen LogP contribution < -0.4 is 5.32 Å². The van der Waals surface area contributed by atoms with Crippen molar-refractivity contribution in [2.75, 3.05) is 18.4 Å². The first kappa shape index (κ1) is 20.3. The second-order valence-corrected chi connectivity index (χ2v) is 7.85. The molecule has 0 saturated carbocycles. The second kappa shape index (κ2) is 8.12. The van der Waals surface area contributed by atoms with E-state index in [4.69, 9.17) is 21.1 Å². The van der Waals surface area contributed by atoms with Crippen LogP contribution in [0.5, 0.6) is 0 Å². The Labute approximate surface area is 186 Å². The third-order valence-electron chi connectivity index (χ3n) is 5.45. The Hall–Kier alpha value is -3.66. The van der Waals surface area contributed by atoms with E-state index in [1.165, 1.54) is 23.3 Å². The zero-order valence-electron chi connectivity index (χ0n) is 16.7. The highest BCUT2D eigenvalue weighted by Gasteiger charge is 2.24. The molecule has 9 nitrogen and oxygen atoms in total. The van der Waals surface area contributed by atoms with Crippen LogP contribution in [-0.2, 0) is 0 Å². The molecule has 4 heterocycles. The summed E-state index contributed by atoms with van der Waals surface area (Å²) >= 11 is 6.30. The maximum absolute atomic E-state index is 13.6. The SMILES string of the molecule is O=C(O)N1CCC(Nc2nccc(-c3c(-c4ccc(F)cc4Cl)nc4occn34)n2)CC1. The molecule has 32 heavy (non-hydrogen) atoms. The fraction of sp³-hybridized carbons (Fsp3) is 0.238. The van der Waals surface area contributed by atoms with E-state index in [1.54, 1.807) is 28.9 Å². The van der Waals surface area contributed by atoms with Crippen molar-refractivity contribution >= 4 is 29.5 Å². The van der Waals surface area contributed by atoms with Crippen LogP contribution in [0.1, 0.15) is 12.8 Å². The number of nitrogens with one attached hydrogen (secondary N) is 1. The van der Waals surface area contributed by atoms with Crippen molar-refractivity contribution in [3.05, 3.63) is 53.8 Å². The van der Waals surface area contributed by atoms with E-state index in [9.17, 15) is 9.18 Å². The predicted octanol–water partition coefficient (Wildman–Crippen LogP) is 4.40. The van der Waals surface area contributed by atoms with Gasteiger partial charge < -0.3 is 19.7 Å². The maximum atomic E-state index is 13.6. The average Bonchev–Trinajstić information content (AvgIpc) is 3.35. The summed E-state index contributed by atoms with van der Waals surface area (Å²) in [6.45, 7) is 0.913. The van der Waals surface area contributed by atoms with Crippen LogP contribution in [0.2, 0.25) is 5.02 Å². The van der Waals surface area contributed by atoms with E-state index >= 15 is 0 Å². The van der Waals surface area contributed by atoms with Crippen LogP contribution in [0.25, 0.3) is 28.5 Å². The summed E-state index contributed by atoms with van der Waals surface area (Å²) in [6, 6.07) is 5.93. The number of fused-ring (bicyclic) bond motifs is 1. The largest absolute Gasteiger partial charge is 0.465 e. The monoisotopic (exact) mass is 456 g/mol. The van der Waals surface area contributed by atoms with Crippen molar-refractivity contribution in [2.45, 2.75) is 18.9 Å². The van der Waals surface area contributed by atoms with Crippen molar-refractivity contribution in [1.82, 2.24) is 24.3 Å². The van der Waals surface area contributed by atoms with Crippen LogP contribution in [-0.4, -0.2) is 54.6 Å². The molecule has 4 aromatic rings. The van der Waals surface area contributed by atoms with Crippen molar-refractivity contribution in [1.29, 1.82) is 0 Å². The summed E-state index contributed by atoms with van der Waals surface area (Å²) in [6.07, 6.45) is 5.28. The third kappa shape index (κ3) is 3.73. The van der Waals surface area contributed by atoms with E-state index in [2.05, 4.69) is 20.3 Å². The maximum Gasteiger partial charge on any atom is 0.407 e. The summed E-state index contributed by atoms with van der Waals surface area (Å²) in [5.41, 5.74) is 2.27. The Morgan fingerprint density at radius 1 is 1.25 bits per heavy atom. The van der Waals surface area contributed by atoms with Gasteiger partial charge in [-0.2, -0.15) is 4.98 Å². The van der Waals surface area contributed by atoms with Gasteiger partial charge in [0, 0.05) is 37.1 Å². The van der Waals surface area contributed by atoms with Crippen molar-refractivity contribution in [2.24, 2.45) is 0 Å². The van der Waals surface area contributed by atoms with Gasteiger partial charge in [0.25, 0.3) is 0 Å². The fourth-order valence-corrected chi connectivity index (χ4v) is 4.11. The molecule has 0 spiro atoms. The lowest BCUT2D eigenvalue weighted by atomic mass is 10.1. The van der Waals surface area contributed by atoms with Gasteiger partial charge in [0.15, 0.2) is 0 Å². The zero-order chi connectivity index (χ0) is 22.2. The number of hydrogen-bond acceptors (Lipinski definition) is 6. The van der Waals surface area contributed by atoms with Gasteiger partial charge in [-0.05, 0) is 37.1 Å². The molecule has 1 fully saturated rings. The normalized spacial score (nSPS) is 14.8. The molecule has 0 aliphatic carbocycles. The molecule has 1 aliphatic heterocycles. The van der Waals surface area contributed by atoms with Gasteiger partial charge >= 0.3 is 11.9 Å². The number of amides is 1. The standard InChI is InChI=1S/C21H18ClFN6O3/c22-15-11-12(23)1-2-14(15)17-18(29-9-10-32-20(29)27-17)16-3-6-24-19(26-16)25-13-4-7-28(8-5-13)21(30)31/h1-3,6,9-11,13H,4-5,7-8H2,(H,30,31)(H,24,25,26). The molecule has 1 amide bonds. The lowest BCUT2D eigenvalue weighted by Crippen LogP contribution is -2.41. The molecule has 1 aliphatic rings. The lowest BCUT2D eigenvalue weighted by molar-refractivity contribution is 0.133. The van der Waals surface area contributed by atoms with Crippen molar-refractivity contribution in [3.8, 4) is 22.6 Å².